The number of aromatic nitrogens is 2. The molecule has 2 heterocycles. The fourth-order valence-corrected chi connectivity index (χ4v) is 4.58. The smallest absolute Gasteiger partial charge is 0.257 e. The van der Waals surface area contributed by atoms with E-state index in [1.165, 1.54) is 11.8 Å². The van der Waals surface area contributed by atoms with Crippen LogP contribution in [-0.4, -0.2) is 23.0 Å². The molecular formula is C21H18BrN3O3S. The third-order valence-corrected chi connectivity index (χ3v) is 6.15. The Kier molecular flexibility index (Phi) is 5.73. The third kappa shape index (κ3) is 4.23. The molecule has 3 aromatic rings. The summed E-state index contributed by atoms with van der Waals surface area (Å²) in [6.07, 6.45) is 0.154. The lowest BCUT2D eigenvalue weighted by Crippen LogP contribution is -2.31. The van der Waals surface area contributed by atoms with Crippen LogP contribution in [0, 0.1) is 0 Å². The summed E-state index contributed by atoms with van der Waals surface area (Å²) in [5.41, 5.74) is 2.09. The summed E-state index contributed by atoms with van der Waals surface area (Å²) in [7, 11) is 1.57. The SMILES string of the molecule is COc1ccc(Br)cc1[C@H]1CC(=O)Nc2nc(SCc3ccccc3)[nH]c(=O)c21. The number of nitrogens with one attached hydrogen (secondary N) is 2. The molecule has 6 nitrogen and oxygen atoms in total. The first kappa shape index (κ1) is 19.7. The average Bonchev–Trinajstić information content (AvgIpc) is 2.72. The number of nitrogens with zero attached hydrogens (tertiary/aromatic N) is 1. The van der Waals surface area contributed by atoms with E-state index in [0.29, 0.717) is 28.0 Å². The van der Waals surface area contributed by atoms with Crippen LogP contribution in [0.2, 0.25) is 0 Å². The Balaban J connectivity index is 1.71. The maximum Gasteiger partial charge on any atom is 0.257 e. The zero-order chi connectivity index (χ0) is 20.4. The Morgan fingerprint density at radius 3 is 2.76 bits per heavy atom. The normalized spacial score (nSPS) is 15.5. The number of H-pyrrole nitrogens is 1. The molecular weight excluding hydrogens is 454 g/mol. The first-order valence-corrected chi connectivity index (χ1v) is 10.8. The molecule has 8 heteroatoms. The summed E-state index contributed by atoms with van der Waals surface area (Å²) in [5.74, 6) is 0.991. The zero-order valence-electron chi connectivity index (χ0n) is 15.6. The van der Waals surface area contributed by atoms with Crippen molar-refractivity contribution in [2.24, 2.45) is 0 Å². The number of halogens is 1. The number of benzene rings is 2. The molecule has 0 saturated carbocycles. The van der Waals surface area contributed by atoms with Crippen molar-refractivity contribution in [3.63, 3.8) is 0 Å². The van der Waals surface area contributed by atoms with E-state index in [4.69, 9.17) is 4.74 Å². The van der Waals surface area contributed by atoms with Gasteiger partial charge in [0.05, 0.1) is 12.7 Å². The van der Waals surface area contributed by atoms with Crippen molar-refractivity contribution < 1.29 is 9.53 Å². The van der Waals surface area contributed by atoms with Crippen molar-refractivity contribution in [3.05, 3.63) is 80.0 Å². The molecule has 1 aromatic heterocycles. The Labute approximate surface area is 180 Å². The Bertz CT molecular complexity index is 1120. The van der Waals surface area contributed by atoms with Crippen LogP contribution in [-0.2, 0) is 10.5 Å². The predicted octanol–water partition coefficient (Wildman–Crippen LogP) is 4.31. The molecule has 0 fully saturated rings. The topological polar surface area (TPSA) is 84.1 Å². The van der Waals surface area contributed by atoms with Gasteiger partial charge in [-0.1, -0.05) is 58.0 Å². The van der Waals surface area contributed by atoms with Crippen LogP contribution in [0.15, 0.2) is 63.0 Å². The number of aromatic amines is 1. The van der Waals surface area contributed by atoms with Crippen molar-refractivity contribution in [1.82, 2.24) is 9.97 Å². The lowest BCUT2D eigenvalue weighted by atomic mass is 9.86. The van der Waals surface area contributed by atoms with Gasteiger partial charge < -0.3 is 15.0 Å². The van der Waals surface area contributed by atoms with E-state index in [2.05, 4.69) is 31.2 Å². The number of rotatable bonds is 5. The quantitative estimate of drug-likeness (QED) is 0.427. The Morgan fingerprint density at radius 1 is 1.21 bits per heavy atom. The molecule has 0 spiro atoms. The Morgan fingerprint density at radius 2 is 2.00 bits per heavy atom. The van der Waals surface area contributed by atoms with Crippen LogP contribution in [0.4, 0.5) is 5.82 Å². The number of hydrogen-bond donors (Lipinski definition) is 2. The molecule has 2 N–H and O–H groups in total. The first-order chi connectivity index (χ1) is 14.0. The standard InChI is InChI=1S/C21H18BrN3O3S/c1-28-16-8-7-13(22)9-14(16)15-10-17(26)23-19-18(15)20(27)25-21(24-19)29-11-12-5-3-2-4-6-12/h2-9,15H,10-11H2,1H3,(H2,23,24,25,26,27)/t15-/m1/s1. The van der Waals surface area contributed by atoms with Gasteiger partial charge in [-0.05, 0) is 23.8 Å². The van der Waals surface area contributed by atoms with E-state index in [1.807, 2.05) is 48.5 Å². The van der Waals surface area contributed by atoms with E-state index in [1.54, 1.807) is 7.11 Å². The highest BCUT2D eigenvalue weighted by Crippen LogP contribution is 2.39. The molecule has 1 aliphatic heterocycles. The fourth-order valence-electron chi connectivity index (χ4n) is 3.39. The molecule has 0 saturated heterocycles. The highest BCUT2D eigenvalue weighted by molar-refractivity contribution is 9.10. The minimum Gasteiger partial charge on any atom is -0.496 e. The molecule has 1 amide bonds. The number of anilines is 1. The summed E-state index contributed by atoms with van der Waals surface area (Å²) in [6.45, 7) is 0. The summed E-state index contributed by atoms with van der Waals surface area (Å²) in [5, 5.41) is 3.23. The first-order valence-electron chi connectivity index (χ1n) is 8.99. The van der Waals surface area contributed by atoms with Gasteiger partial charge >= 0.3 is 0 Å². The third-order valence-electron chi connectivity index (χ3n) is 4.71. The minimum atomic E-state index is -0.435. The van der Waals surface area contributed by atoms with Gasteiger partial charge in [0, 0.05) is 28.1 Å². The minimum absolute atomic E-state index is 0.154. The largest absolute Gasteiger partial charge is 0.496 e. The monoisotopic (exact) mass is 471 g/mol. The highest BCUT2D eigenvalue weighted by atomic mass is 79.9. The molecule has 0 unspecified atom stereocenters. The molecule has 29 heavy (non-hydrogen) atoms. The Hall–Kier alpha value is -2.58. The van der Waals surface area contributed by atoms with Crippen LogP contribution in [0.25, 0.3) is 0 Å². The second-order valence-corrected chi connectivity index (χ2v) is 8.48. The van der Waals surface area contributed by atoms with Crippen molar-refractivity contribution in [3.8, 4) is 5.75 Å². The molecule has 0 aliphatic carbocycles. The van der Waals surface area contributed by atoms with Crippen LogP contribution < -0.4 is 15.6 Å². The second-order valence-electron chi connectivity index (χ2n) is 6.60. The van der Waals surface area contributed by atoms with E-state index >= 15 is 0 Å². The highest BCUT2D eigenvalue weighted by Gasteiger charge is 2.32. The number of carbonyl (C=O) groups is 1. The number of fused-ring (bicyclic) bond motifs is 1. The predicted molar refractivity (Wildman–Crippen MR) is 117 cm³/mol. The van der Waals surface area contributed by atoms with E-state index in [9.17, 15) is 9.59 Å². The van der Waals surface area contributed by atoms with Gasteiger partial charge in [0.25, 0.3) is 5.56 Å². The number of carbonyl (C=O) groups excluding carboxylic acids is 1. The second kappa shape index (κ2) is 8.42. The van der Waals surface area contributed by atoms with Crippen molar-refractivity contribution >= 4 is 39.4 Å². The molecule has 148 valence electrons. The van der Waals surface area contributed by atoms with E-state index < -0.39 is 5.92 Å². The van der Waals surface area contributed by atoms with Gasteiger partial charge in [-0.15, -0.1) is 0 Å². The summed E-state index contributed by atoms with van der Waals surface area (Å²) in [6, 6.07) is 15.5. The lowest BCUT2D eigenvalue weighted by Gasteiger charge is -2.25. The number of thioether (sulfide) groups is 1. The maximum absolute atomic E-state index is 13.0. The average molecular weight is 472 g/mol. The summed E-state index contributed by atoms with van der Waals surface area (Å²) in [4.78, 5) is 32.7. The molecule has 2 aromatic carbocycles. The number of ether oxygens (including phenoxy) is 1. The fraction of sp³-hybridized carbons (Fsp3) is 0.190. The van der Waals surface area contributed by atoms with E-state index in [-0.39, 0.29) is 17.9 Å². The van der Waals surface area contributed by atoms with Crippen LogP contribution in [0.1, 0.15) is 29.0 Å². The van der Waals surface area contributed by atoms with Gasteiger partial charge in [0.2, 0.25) is 5.91 Å². The molecule has 0 radical (unpaired) electrons. The van der Waals surface area contributed by atoms with Crippen molar-refractivity contribution in [1.29, 1.82) is 0 Å². The van der Waals surface area contributed by atoms with Gasteiger partial charge in [0.1, 0.15) is 11.6 Å². The van der Waals surface area contributed by atoms with Gasteiger partial charge in [-0.3, -0.25) is 9.59 Å². The van der Waals surface area contributed by atoms with Crippen LogP contribution in [0.5, 0.6) is 5.75 Å². The van der Waals surface area contributed by atoms with Gasteiger partial charge in [0.15, 0.2) is 5.16 Å². The van der Waals surface area contributed by atoms with Crippen LogP contribution >= 0.6 is 27.7 Å². The number of hydrogen-bond acceptors (Lipinski definition) is 5. The number of amides is 1. The molecule has 1 aliphatic rings. The lowest BCUT2D eigenvalue weighted by molar-refractivity contribution is -0.116. The summed E-state index contributed by atoms with van der Waals surface area (Å²) < 4.78 is 6.31. The maximum atomic E-state index is 13.0. The number of methoxy groups -OCH3 is 1. The molecule has 4 rings (SSSR count). The summed E-state index contributed by atoms with van der Waals surface area (Å²) >= 11 is 4.88. The van der Waals surface area contributed by atoms with E-state index in [0.717, 1.165) is 15.6 Å². The van der Waals surface area contributed by atoms with Crippen molar-refractivity contribution in [2.75, 3.05) is 12.4 Å². The van der Waals surface area contributed by atoms with Gasteiger partial charge in [-0.25, -0.2) is 4.98 Å². The van der Waals surface area contributed by atoms with Crippen LogP contribution in [0.3, 0.4) is 0 Å². The van der Waals surface area contributed by atoms with Crippen molar-refractivity contribution in [2.45, 2.75) is 23.2 Å². The molecule has 0 bridgehead atoms. The zero-order valence-corrected chi connectivity index (χ0v) is 18.0. The van der Waals surface area contributed by atoms with Gasteiger partial charge in [-0.2, -0.15) is 0 Å². The molecule has 1 atom stereocenters.